The van der Waals surface area contributed by atoms with Crippen molar-refractivity contribution >= 4 is 0 Å². The van der Waals surface area contributed by atoms with Crippen molar-refractivity contribution in [2.24, 2.45) is 0 Å². The van der Waals surface area contributed by atoms with Gasteiger partial charge in [-0.2, -0.15) is 0 Å². The van der Waals surface area contributed by atoms with E-state index >= 15 is 0 Å². The Bertz CT molecular complexity index is 1700. The second-order valence-corrected chi connectivity index (χ2v) is 22.5. The van der Waals surface area contributed by atoms with E-state index in [1.54, 1.807) is 0 Å². The van der Waals surface area contributed by atoms with Crippen molar-refractivity contribution in [2.45, 2.75) is 246 Å². The Morgan fingerprint density at radius 1 is 0.136 bits per heavy atom. The third-order valence-electron chi connectivity index (χ3n) is 16.9. The van der Waals surface area contributed by atoms with Crippen molar-refractivity contribution in [1.29, 1.82) is 0 Å². The molecular weight excluding hydrogens is 1220 g/mol. The first-order valence-corrected chi connectivity index (χ1v) is 28.1. The van der Waals surface area contributed by atoms with Crippen molar-refractivity contribution in [3.63, 3.8) is 0 Å². The number of ether oxygens (including phenoxy) is 16. The normalized spacial score (nSPS) is 55.4. The van der Waals surface area contributed by atoms with Gasteiger partial charge in [-0.1, -0.05) is 0 Å². The smallest absolute Gasteiger partial charge is 0.187 e. The molecule has 88 heavy (non-hydrogen) atoms. The number of hydrogen-bond donors (Lipinski definition) is 24. The van der Waals surface area contributed by atoms with Crippen molar-refractivity contribution in [3.8, 4) is 0 Å². The molecule has 0 aromatic rings. The van der Waals surface area contributed by atoms with E-state index in [9.17, 15) is 123 Å². The van der Waals surface area contributed by atoms with Gasteiger partial charge in [0.1, 0.15) is 195 Å². The Hall–Kier alpha value is -1.60. The third kappa shape index (κ3) is 13.8. The minimum absolute atomic E-state index is 1.08. The summed E-state index contributed by atoms with van der Waals surface area (Å²) in [5.41, 5.74) is 0. The molecule has 0 radical (unpaired) electrons. The van der Waals surface area contributed by atoms with Crippen molar-refractivity contribution in [2.75, 3.05) is 52.9 Å². The van der Waals surface area contributed by atoms with E-state index < -0.39 is 299 Å². The molecule has 40 nitrogen and oxygen atoms in total. The van der Waals surface area contributed by atoms with Gasteiger partial charge in [0.15, 0.2) is 50.3 Å². The van der Waals surface area contributed by atoms with Crippen LogP contribution < -0.4 is 0 Å². The lowest BCUT2D eigenvalue weighted by Crippen LogP contribution is -2.69. The maximum absolute atomic E-state index is 11.4. The first kappa shape index (κ1) is 70.7. The Kier molecular flexibility index (Phi) is 24.1. The van der Waals surface area contributed by atoms with Gasteiger partial charge in [-0.3, -0.25) is 0 Å². The van der Waals surface area contributed by atoms with Gasteiger partial charge in [-0.05, 0) is 0 Å². The fourth-order valence-electron chi connectivity index (χ4n) is 11.9. The van der Waals surface area contributed by atoms with Gasteiger partial charge in [0, 0.05) is 0 Å². The molecule has 0 aromatic heterocycles. The Labute approximate surface area is 496 Å². The fraction of sp³-hybridized carbons (Fsp3) is 1.00. The largest absolute Gasteiger partial charge is 0.394 e. The van der Waals surface area contributed by atoms with Gasteiger partial charge < -0.3 is 198 Å². The van der Waals surface area contributed by atoms with Crippen LogP contribution in [0, 0.1) is 0 Å². The molecule has 0 aromatic carbocycles. The van der Waals surface area contributed by atoms with E-state index in [-0.39, 0.29) is 0 Å². The summed E-state index contributed by atoms with van der Waals surface area (Å²) in [4.78, 5) is 0. The zero-order valence-corrected chi connectivity index (χ0v) is 46.0. The first-order valence-electron chi connectivity index (χ1n) is 28.1. The topological polar surface area (TPSA) is 633 Å². The van der Waals surface area contributed by atoms with Gasteiger partial charge in [-0.25, -0.2) is 0 Å². The summed E-state index contributed by atoms with van der Waals surface area (Å²) in [6.07, 6.45) is -82.0. The first-order chi connectivity index (χ1) is 41.9. The zero-order valence-electron chi connectivity index (χ0n) is 46.0. The molecule has 40 heteroatoms. The van der Waals surface area contributed by atoms with E-state index in [4.69, 9.17) is 75.8 Å². The van der Waals surface area contributed by atoms with Gasteiger partial charge in [0.05, 0.1) is 52.9 Å². The molecule has 0 amide bonds. The van der Waals surface area contributed by atoms with Crippen LogP contribution in [-0.2, 0) is 75.8 Å². The lowest BCUT2D eigenvalue weighted by Gasteiger charge is -2.50. The average Bonchev–Trinajstić information content (AvgIpc) is 1.04. The molecule has 512 valence electrons. The maximum atomic E-state index is 11.4. The molecule has 16 bridgehead atoms. The quantitative estimate of drug-likeness (QED) is 0.107. The standard InChI is InChI=1S/C48H80O40/c49-1-9-33-17(57)25(65)41(73-9)82-34-10(2-50)75-43(27(67)19(34)59)84-36-12(4-52)77-45(29(69)21(36)61)86-38-14(6-54)79-47(31(71)23(38)63)88-40-16(8-56)80-48(32(72)24(40)64)87-39-15(7-55)78-46(30(70)22(39)62)85-37-13(5-53)76-44(28(68)20(37)60)83-35-11(3-51)74-42(81-33)26(66)18(35)58/h9-72H,1-8H2/t9-,10-,11-,12-,13-,14-,15-,16-,17-,18-,19-,20-,21-,22-,23-,24?,25?,26-,27?,28?,29?,30?,31?,32?,33?,34?,35?,36?,37?,38?,39?,40?,41?,42?,43?,44?,45?,46?,47?,48?/m1/s1. The lowest BCUT2D eigenvalue weighted by atomic mass is 9.94. The average molecular weight is 1300 g/mol. The van der Waals surface area contributed by atoms with Crippen LogP contribution in [0.2, 0.25) is 0 Å². The summed E-state index contributed by atoms with van der Waals surface area (Å²) in [5, 5.41) is 265. The van der Waals surface area contributed by atoms with Crippen LogP contribution in [0.25, 0.3) is 0 Å². The van der Waals surface area contributed by atoms with Crippen LogP contribution in [-0.4, -0.2) is 421 Å². The molecule has 0 saturated carbocycles. The van der Waals surface area contributed by atoms with Crippen LogP contribution in [0.15, 0.2) is 0 Å². The summed E-state index contributed by atoms with van der Waals surface area (Å²) in [5.74, 6) is 0. The molecule has 24 N–H and O–H groups in total. The monoisotopic (exact) mass is 1300 g/mol. The minimum Gasteiger partial charge on any atom is -0.394 e. The van der Waals surface area contributed by atoms with E-state index in [0.29, 0.717) is 0 Å². The molecule has 0 spiro atoms. The number of rotatable bonds is 8. The highest BCUT2D eigenvalue weighted by atomic mass is 16.8. The Balaban J connectivity index is 0.975. The highest BCUT2D eigenvalue weighted by Gasteiger charge is 2.60. The Morgan fingerprint density at radius 3 is 0.307 bits per heavy atom. The predicted molar refractivity (Wildman–Crippen MR) is 261 cm³/mol. The minimum atomic E-state index is -2.25. The van der Waals surface area contributed by atoms with Crippen LogP contribution in [0.4, 0.5) is 0 Å². The van der Waals surface area contributed by atoms with Crippen LogP contribution in [0.3, 0.4) is 0 Å². The molecule has 30 heterocycles. The summed E-state index contributed by atoms with van der Waals surface area (Å²) in [6.45, 7) is -8.64. The number of aliphatic hydroxyl groups is 24. The van der Waals surface area contributed by atoms with Gasteiger partial charge >= 0.3 is 0 Å². The molecule has 0 aliphatic carbocycles. The molecule has 30 saturated heterocycles. The van der Waals surface area contributed by atoms with E-state index in [1.165, 1.54) is 0 Å². The molecule has 30 aliphatic rings. The highest BCUT2D eigenvalue weighted by Crippen LogP contribution is 2.40. The highest BCUT2D eigenvalue weighted by molar-refractivity contribution is 5.02. The second kappa shape index (κ2) is 30.0. The molecular formula is C48H80O40. The fourth-order valence-corrected chi connectivity index (χ4v) is 11.9. The lowest BCUT2D eigenvalue weighted by molar-refractivity contribution is -0.404. The maximum Gasteiger partial charge on any atom is 0.187 e. The molecule has 30 fully saturated rings. The summed E-state index contributed by atoms with van der Waals surface area (Å²) >= 11 is 0. The van der Waals surface area contributed by atoms with E-state index in [2.05, 4.69) is 0 Å². The zero-order chi connectivity index (χ0) is 64.1. The molecule has 30 aliphatic heterocycles. The third-order valence-corrected chi connectivity index (χ3v) is 16.9. The van der Waals surface area contributed by atoms with E-state index in [1.807, 2.05) is 0 Å². The van der Waals surface area contributed by atoms with Gasteiger partial charge in [0.2, 0.25) is 0 Å². The van der Waals surface area contributed by atoms with Gasteiger partial charge in [-0.15, -0.1) is 0 Å². The van der Waals surface area contributed by atoms with Crippen LogP contribution >= 0.6 is 0 Å². The van der Waals surface area contributed by atoms with Crippen molar-refractivity contribution in [1.82, 2.24) is 0 Å². The van der Waals surface area contributed by atoms with E-state index in [0.717, 1.165) is 0 Å². The molecule has 24 unspecified atom stereocenters. The van der Waals surface area contributed by atoms with Crippen molar-refractivity contribution in [3.05, 3.63) is 0 Å². The molecule has 40 atom stereocenters. The predicted octanol–water partition coefficient (Wildman–Crippen LogP) is -17.4. The van der Waals surface area contributed by atoms with Crippen molar-refractivity contribution < 1.29 is 198 Å². The molecule has 30 rings (SSSR count). The number of aliphatic hydroxyl groups excluding tert-OH is 24. The SMILES string of the molecule is OC[C@H]1OC2OC3[C@H](O)C(O)C(OC4[C@H](O)C(O)C(OC5[C@@H](CO)OC(OC6[C@H](O)C(O)C(OC7[C@H](O)C(O)C(OC8[C@H](O)C(O)C(OC9[C@H](O)C(O)C(OC1C(O)C2O)O[C@@H]9CO)O[C@@H]8CO)O[C@@H]7CO)O[C@@H]6CO)[C@H](O)[C@H]5O)O[C@@H]4CO)O[C@@H]3CO. The Morgan fingerprint density at radius 2 is 0.227 bits per heavy atom. The van der Waals surface area contributed by atoms with Crippen LogP contribution in [0.1, 0.15) is 0 Å². The number of hydrogen-bond acceptors (Lipinski definition) is 40. The second-order valence-electron chi connectivity index (χ2n) is 22.5. The summed E-state index contributed by atoms with van der Waals surface area (Å²) < 4.78 is 91.1. The summed E-state index contributed by atoms with van der Waals surface area (Å²) in [7, 11) is 0. The summed E-state index contributed by atoms with van der Waals surface area (Å²) in [6, 6.07) is 0. The van der Waals surface area contributed by atoms with Gasteiger partial charge in [0.25, 0.3) is 0 Å². The van der Waals surface area contributed by atoms with Crippen LogP contribution in [0.5, 0.6) is 0 Å².